The molecule has 2 rings (SSSR count). The third-order valence-electron chi connectivity index (χ3n) is 2.63. The first-order valence-electron chi connectivity index (χ1n) is 5.48. The second kappa shape index (κ2) is 5.17. The molecule has 102 valence electrons. The van der Waals surface area contributed by atoms with E-state index < -0.39 is 17.5 Å². The Hall–Kier alpha value is -1.62. The van der Waals surface area contributed by atoms with Gasteiger partial charge in [0, 0.05) is 6.20 Å². The highest BCUT2D eigenvalue weighted by atomic mass is 35.5. The van der Waals surface area contributed by atoms with Crippen LogP contribution >= 0.6 is 11.6 Å². The van der Waals surface area contributed by atoms with E-state index in [9.17, 15) is 13.2 Å². The smallest absolute Gasteiger partial charge is 0.416 e. The molecule has 0 saturated heterocycles. The molecule has 1 N–H and O–H groups in total. The molecular weight excluding hydrogens is 279 g/mol. The SMILES string of the molecule is FC(F)(F)c1cccc(/C=C/C2(CCl)NC=CO2)c1. The second-order valence-electron chi connectivity index (χ2n) is 4.04. The van der Waals surface area contributed by atoms with Crippen molar-refractivity contribution in [2.75, 3.05) is 5.88 Å². The molecule has 19 heavy (non-hydrogen) atoms. The van der Waals surface area contributed by atoms with Gasteiger partial charge in [0.05, 0.1) is 11.4 Å². The van der Waals surface area contributed by atoms with Crippen LogP contribution in [-0.4, -0.2) is 11.6 Å². The Bertz CT molecular complexity index is 503. The van der Waals surface area contributed by atoms with E-state index in [-0.39, 0.29) is 5.88 Å². The molecular formula is C13H11ClF3NO. The van der Waals surface area contributed by atoms with Crippen molar-refractivity contribution in [2.45, 2.75) is 11.9 Å². The number of ether oxygens (including phenoxy) is 1. The van der Waals surface area contributed by atoms with Crippen LogP contribution in [0.25, 0.3) is 6.08 Å². The van der Waals surface area contributed by atoms with Crippen LogP contribution < -0.4 is 5.32 Å². The van der Waals surface area contributed by atoms with E-state index in [2.05, 4.69) is 5.32 Å². The van der Waals surface area contributed by atoms with Gasteiger partial charge in [-0.3, -0.25) is 0 Å². The predicted molar refractivity (Wildman–Crippen MR) is 67.3 cm³/mol. The van der Waals surface area contributed by atoms with E-state index in [0.29, 0.717) is 5.56 Å². The molecule has 0 aromatic heterocycles. The van der Waals surface area contributed by atoms with Crippen molar-refractivity contribution in [3.8, 4) is 0 Å². The Morgan fingerprint density at radius 3 is 2.74 bits per heavy atom. The van der Waals surface area contributed by atoms with E-state index in [1.807, 2.05) is 0 Å². The van der Waals surface area contributed by atoms with Crippen molar-refractivity contribution >= 4 is 17.7 Å². The van der Waals surface area contributed by atoms with Crippen molar-refractivity contribution in [1.82, 2.24) is 5.32 Å². The fourth-order valence-corrected chi connectivity index (χ4v) is 1.85. The van der Waals surface area contributed by atoms with Gasteiger partial charge in [-0.1, -0.05) is 18.2 Å². The maximum absolute atomic E-state index is 12.6. The minimum Gasteiger partial charge on any atom is -0.469 e. The summed E-state index contributed by atoms with van der Waals surface area (Å²) in [6.07, 6.45) is 1.81. The van der Waals surface area contributed by atoms with Gasteiger partial charge in [-0.15, -0.1) is 11.6 Å². The maximum atomic E-state index is 12.6. The van der Waals surface area contributed by atoms with Crippen LogP contribution in [0.1, 0.15) is 11.1 Å². The molecule has 0 bridgehead atoms. The number of rotatable bonds is 3. The number of hydrogen-bond acceptors (Lipinski definition) is 2. The normalized spacial score (nSPS) is 22.5. The lowest BCUT2D eigenvalue weighted by atomic mass is 10.1. The standard InChI is InChI=1S/C13H11ClF3NO/c14-9-12(18-6-7-19-12)5-4-10-2-1-3-11(8-10)13(15,16)17/h1-8,18H,9H2/b5-4+. The van der Waals surface area contributed by atoms with E-state index >= 15 is 0 Å². The number of alkyl halides is 4. The van der Waals surface area contributed by atoms with Crippen molar-refractivity contribution in [1.29, 1.82) is 0 Å². The zero-order valence-corrected chi connectivity index (χ0v) is 10.5. The monoisotopic (exact) mass is 289 g/mol. The molecule has 0 saturated carbocycles. The molecule has 1 aromatic rings. The lowest BCUT2D eigenvalue weighted by molar-refractivity contribution is -0.137. The quantitative estimate of drug-likeness (QED) is 0.856. The average molecular weight is 290 g/mol. The van der Waals surface area contributed by atoms with Gasteiger partial charge in [-0.05, 0) is 23.8 Å². The Labute approximate surface area is 113 Å². The molecule has 1 atom stereocenters. The summed E-state index contributed by atoms with van der Waals surface area (Å²) < 4.78 is 43.0. The minimum absolute atomic E-state index is 0.134. The van der Waals surface area contributed by atoms with Crippen LogP contribution in [0.5, 0.6) is 0 Å². The van der Waals surface area contributed by atoms with E-state index in [1.165, 1.54) is 18.4 Å². The van der Waals surface area contributed by atoms with E-state index in [4.69, 9.17) is 16.3 Å². The third kappa shape index (κ3) is 3.23. The highest BCUT2D eigenvalue weighted by Gasteiger charge is 2.31. The molecule has 1 unspecified atom stereocenters. The van der Waals surface area contributed by atoms with Crippen molar-refractivity contribution in [3.63, 3.8) is 0 Å². The number of hydrogen-bond donors (Lipinski definition) is 1. The molecule has 0 fully saturated rings. The summed E-state index contributed by atoms with van der Waals surface area (Å²) in [7, 11) is 0. The van der Waals surface area contributed by atoms with E-state index in [0.717, 1.165) is 12.1 Å². The summed E-state index contributed by atoms with van der Waals surface area (Å²) in [4.78, 5) is 0. The zero-order chi connectivity index (χ0) is 13.9. The third-order valence-corrected chi connectivity index (χ3v) is 3.03. The first-order chi connectivity index (χ1) is 8.95. The van der Waals surface area contributed by atoms with Gasteiger partial charge in [0.2, 0.25) is 5.72 Å². The predicted octanol–water partition coefficient (Wildman–Crippen LogP) is 3.74. The molecule has 0 radical (unpaired) electrons. The molecule has 1 aliphatic heterocycles. The summed E-state index contributed by atoms with van der Waals surface area (Å²) in [5, 5.41) is 2.89. The van der Waals surface area contributed by atoms with Gasteiger partial charge in [-0.2, -0.15) is 13.2 Å². The lowest BCUT2D eigenvalue weighted by Gasteiger charge is -2.22. The van der Waals surface area contributed by atoms with Crippen LogP contribution in [0.2, 0.25) is 0 Å². The van der Waals surface area contributed by atoms with Crippen LogP contribution in [0, 0.1) is 0 Å². The van der Waals surface area contributed by atoms with Crippen LogP contribution in [0.3, 0.4) is 0 Å². The van der Waals surface area contributed by atoms with Crippen LogP contribution in [0.15, 0.2) is 42.8 Å². The van der Waals surface area contributed by atoms with Gasteiger partial charge >= 0.3 is 6.18 Å². The topological polar surface area (TPSA) is 21.3 Å². The van der Waals surface area contributed by atoms with Gasteiger partial charge in [-0.25, -0.2) is 0 Å². The molecule has 0 amide bonds. The van der Waals surface area contributed by atoms with Gasteiger partial charge in [0.1, 0.15) is 6.26 Å². The summed E-state index contributed by atoms with van der Waals surface area (Å²) in [6, 6.07) is 5.04. The summed E-state index contributed by atoms with van der Waals surface area (Å²) in [5.41, 5.74) is -1.15. The molecule has 2 nitrogen and oxygen atoms in total. The van der Waals surface area contributed by atoms with Crippen LogP contribution in [0.4, 0.5) is 13.2 Å². The Morgan fingerprint density at radius 2 is 2.16 bits per heavy atom. The molecule has 6 heteroatoms. The summed E-state index contributed by atoms with van der Waals surface area (Å²) in [6.45, 7) is 0. The summed E-state index contributed by atoms with van der Waals surface area (Å²) in [5.74, 6) is 0.134. The second-order valence-corrected chi connectivity index (χ2v) is 4.31. The number of nitrogens with one attached hydrogen (secondary N) is 1. The molecule has 1 aliphatic rings. The Morgan fingerprint density at radius 1 is 1.37 bits per heavy atom. The number of halogens is 4. The van der Waals surface area contributed by atoms with Crippen molar-refractivity contribution < 1.29 is 17.9 Å². The fourth-order valence-electron chi connectivity index (χ4n) is 1.62. The Kier molecular flexibility index (Phi) is 3.75. The van der Waals surface area contributed by atoms with Crippen LogP contribution in [-0.2, 0) is 10.9 Å². The van der Waals surface area contributed by atoms with Gasteiger partial charge < -0.3 is 10.1 Å². The zero-order valence-electron chi connectivity index (χ0n) is 9.75. The highest BCUT2D eigenvalue weighted by molar-refractivity contribution is 6.18. The minimum atomic E-state index is -4.35. The van der Waals surface area contributed by atoms with Gasteiger partial charge in [0.25, 0.3) is 0 Å². The first kappa shape index (κ1) is 13.8. The Balaban J connectivity index is 2.19. The van der Waals surface area contributed by atoms with Crippen molar-refractivity contribution in [2.24, 2.45) is 0 Å². The first-order valence-corrected chi connectivity index (χ1v) is 6.02. The molecule has 1 heterocycles. The maximum Gasteiger partial charge on any atom is 0.416 e. The van der Waals surface area contributed by atoms with Crippen molar-refractivity contribution in [3.05, 3.63) is 53.9 Å². The van der Waals surface area contributed by atoms with Gasteiger partial charge in [0.15, 0.2) is 0 Å². The fraction of sp³-hybridized carbons (Fsp3) is 0.231. The highest BCUT2D eigenvalue weighted by Crippen LogP contribution is 2.30. The molecule has 1 aromatic carbocycles. The lowest BCUT2D eigenvalue weighted by Crippen LogP contribution is -2.40. The van der Waals surface area contributed by atoms with E-state index in [1.54, 1.807) is 18.3 Å². The number of benzene rings is 1. The summed E-state index contributed by atoms with van der Waals surface area (Å²) >= 11 is 5.78. The molecule has 0 spiro atoms. The largest absolute Gasteiger partial charge is 0.469 e. The average Bonchev–Trinajstić information content (AvgIpc) is 2.85. The molecule has 0 aliphatic carbocycles.